The molecule has 392 valence electrons. The number of rotatable bonds is 8. The lowest BCUT2D eigenvalue weighted by atomic mass is 10.1. The summed E-state index contributed by atoms with van der Waals surface area (Å²) in [5.74, 6) is -1.84. The Labute approximate surface area is 396 Å². The highest BCUT2D eigenvalue weighted by Crippen LogP contribution is 2.48. The first-order valence-electron chi connectivity index (χ1n) is 19.7. The van der Waals surface area contributed by atoms with Crippen molar-refractivity contribution >= 4 is 47.7 Å². The molecule has 0 N–H and O–H groups in total. The van der Waals surface area contributed by atoms with Crippen molar-refractivity contribution in [2.24, 2.45) is 0 Å². The maximum absolute atomic E-state index is 14.3. The van der Waals surface area contributed by atoms with E-state index in [1.807, 2.05) is 0 Å². The van der Waals surface area contributed by atoms with Crippen molar-refractivity contribution in [1.29, 1.82) is 0 Å². The van der Waals surface area contributed by atoms with Gasteiger partial charge in [-0.25, -0.2) is 0 Å². The Morgan fingerprint density at radius 2 is 0.438 bits per heavy atom. The minimum absolute atomic E-state index is 0.0190. The van der Waals surface area contributed by atoms with Crippen LogP contribution in [0, 0.1) is 13.8 Å². The average molecular weight is 1110 g/mol. The molecule has 0 bridgehead atoms. The second-order valence-corrected chi connectivity index (χ2v) is 20.1. The van der Waals surface area contributed by atoms with Gasteiger partial charge in [-0.05, 0) is 148 Å². The van der Waals surface area contributed by atoms with Gasteiger partial charge in [-0.1, -0.05) is 23.3 Å². The zero-order valence-corrected chi connectivity index (χ0v) is 37.6. The summed E-state index contributed by atoms with van der Waals surface area (Å²) in [4.78, 5) is 0. The molecule has 0 unspecified atom stereocenters. The van der Waals surface area contributed by atoms with E-state index in [9.17, 15) is 105 Å². The maximum Gasteiger partial charge on any atom is 0.416 e. The summed E-state index contributed by atoms with van der Waals surface area (Å²) in [7, 11) is -7.28. The van der Waals surface area contributed by atoms with Crippen molar-refractivity contribution in [3.63, 3.8) is 0 Å². The van der Waals surface area contributed by atoms with Crippen molar-refractivity contribution in [3.05, 3.63) is 165 Å². The normalized spacial score (nSPS) is 13.6. The fourth-order valence-electron chi connectivity index (χ4n) is 7.02. The minimum atomic E-state index is -5.69. The first-order valence-corrected chi connectivity index (χ1v) is 22.4. The molecule has 0 aromatic heterocycles. The van der Waals surface area contributed by atoms with E-state index in [0.29, 0.717) is 0 Å². The van der Waals surface area contributed by atoms with Crippen LogP contribution in [0.4, 0.5) is 105 Å². The van der Waals surface area contributed by atoms with E-state index in [4.69, 9.17) is 4.74 Å². The van der Waals surface area contributed by atoms with Gasteiger partial charge in [-0.3, -0.25) is 0 Å². The highest BCUT2D eigenvalue weighted by Gasteiger charge is 2.44. The monoisotopic (exact) mass is 1110 g/mol. The van der Waals surface area contributed by atoms with Gasteiger partial charge in [-0.15, -0.1) is 0 Å². The minimum Gasteiger partial charge on any atom is -0.456 e. The van der Waals surface area contributed by atoms with Gasteiger partial charge in [-0.2, -0.15) is 105 Å². The first kappa shape index (κ1) is 56.6. The highest BCUT2D eigenvalue weighted by atomic mass is 31.1. The summed E-state index contributed by atoms with van der Waals surface area (Å²) in [5, 5.41) is -6.58. The molecule has 0 atom stereocenters. The fourth-order valence-corrected chi connectivity index (χ4v) is 12.2. The van der Waals surface area contributed by atoms with Crippen LogP contribution in [-0.4, -0.2) is 0 Å². The summed E-state index contributed by atoms with van der Waals surface area (Å²) >= 11 is 0. The van der Waals surface area contributed by atoms with E-state index in [-0.39, 0.29) is 59.7 Å². The summed E-state index contributed by atoms with van der Waals surface area (Å²) in [5.41, 5.74) is -17.1. The Morgan fingerprint density at radius 1 is 0.260 bits per heavy atom. The molecule has 1 nitrogen and oxygen atoms in total. The predicted molar refractivity (Wildman–Crippen MR) is 220 cm³/mol. The lowest BCUT2D eigenvalue weighted by Crippen LogP contribution is -2.28. The molecule has 0 heterocycles. The van der Waals surface area contributed by atoms with Gasteiger partial charge in [0.1, 0.15) is 11.5 Å². The average Bonchev–Trinajstić information content (AvgIpc) is 3.23. The number of aryl methyl sites for hydroxylation is 2. The number of alkyl halides is 24. The highest BCUT2D eigenvalue weighted by molar-refractivity contribution is 7.80. The van der Waals surface area contributed by atoms with Crippen LogP contribution < -0.4 is 36.6 Å². The number of halogens is 24. The van der Waals surface area contributed by atoms with Crippen LogP contribution in [0.1, 0.15) is 55.6 Å². The molecule has 0 fully saturated rings. The quantitative estimate of drug-likeness (QED) is 0.109. The SMILES string of the molecule is Cc1ccc(Oc2ccc(C)cc2P(c2cc(C(F)(F)F)cc(C(F)(F)F)c2)c2cc(C(F)(F)F)cc(C(F)(F)F)c2)c(P(c2cc(C(F)(F)F)cc(C(F)(F)F)c2)c2cc(C(F)(F)F)cc(C(F)(F)F)c2)c1. The van der Waals surface area contributed by atoms with Crippen LogP contribution in [0.3, 0.4) is 0 Å². The molecule has 0 aliphatic carbocycles. The zero-order valence-electron chi connectivity index (χ0n) is 35.8. The molecule has 6 aromatic rings. The molecular weight excluding hydrogens is 1090 g/mol. The molecule has 0 spiro atoms. The molecule has 0 aliphatic heterocycles. The smallest absolute Gasteiger partial charge is 0.416 e. The second-order valence-electron chi connectivity index (χ2n) is 15.8. The predicted octanol–water partition coefficient (Wildman–Crippen LogP) is 15.8. The molecule has 0 amide bonds. The van der Waals surface area contributed by atoms with E-state index in [1.54, 1.807) is 0 Å². The van der Waals surface area contributed by atoms with Gasteiger partial charge in [0.2, 0.25) is 0 Å². The van der Waals surface area contributed by atoms with E-state index in [2.05, 4.69) is 0 Å². The summed E-state index contributed by atoms with van der Waals surface area (Å²) in [6.45, 7) is 2.32. The summed E-state index contributed by atoms with van der Waals surface area (Å²) in [6.07, 6.45) is -45.5. The third-order valence-electron chi connectivity index (χ3n) is 10.3. The van der Waals surface area contributed by atoms with E-state index >= 15 is 0 Å². The van der Waals surface area contributed by atoms with Gasteiger partial charge < -0.3 is 4.74 Å². The van der Waals surface area contributed by atoms with E-state index in [1.165, 1.54) is 0 Å². The Balaban J connectivity index is 1.76. The largest absolute Gasteiger partial charge is 0.456 e. The maximum atomic E-state index is 14.3. The lowest BCUT2D eigenvalue weighted by Gasteiger charge is -2.28. The molecule has 0 radical (unpaired) electrons. The van der Waals surface area contributed by atoms with Crippen molar-refractivity contribution < 1.29 is 110 Å². The third-order valence-corrected chi connectivity index (χ3v) is 15.0. The number of benzene rings is 6. The number of hydrogen-bond donors (Lipinski definition) is 0. The van der Waals surface area contributed by atoms with Gasteiger partial charge in [0.05, 0.1) is 44.5 Å². The van der Waals surface area contributed by atoms with Crippen LogP contribution in [0.5, 0.6) is 11.5 Å². The first-order chi connectivity index (χ1) is 33.0. The van der Waals surface area contributed by atoms with Crippen molar-refractivity contribution in [1.82, 2.24) is 0 Å². The number of ether oxygens (including phenoxy) is 1. The van der Waals surface area contributed by atoms with Crippen molar-refractivity contribution in [2.45, 2.75) is 63.3 Å². The van der Waals surface area contributed by atoms with Crippen molar-refractivity contribution in [2.75, 3.05) is 0 Å². The molecule has 6 aromatic carbocycles. The number of hydrogen-bond acceptors (Lipinski definition) is 1. The Hall–Kier alpha value is -5.70. The van der Waals surface area contributed by atoms with E-state index < -0.39 is 177 Å². The molecule has 0 saturated heterocycles. The van der Waals surface area contributed by atoms with Gasteiger partial charge >= 0.3 is 49.4 Å². The molecule has 27 heteroatoms. The topological polar surface area (TPSA) is 9.23 Å². The van der Waals surface area contributed by atoms with Gasteiger partial charge in [0.15, 0.2) is 0 Å². The van der Waals surface area contributed by atoms with Gasteiger partial charge in [0, 0.05) is 10.6 Å². The summed E-state index contributed by atoms with van der Waals surface area (Å²) < 4.78 is 350. The summed E-state index contributed by atoms with van der Waals surface area (Å²) in [6, 6.07) is 3.46. The molecule has 6 rings (SSSR count). The van der Waals surface area contributed by atoms with Crippen LogP contribution in [0.25, 0.3) is 0 Å². The second kappa shape index (κ2) is 19.2. The molecular formula is C46H24F24OP2. The van der Waals surface area contributed by atoms with Crippen molar-refractivity contribution in [3.8, 4) is 11.5 Å². The van der Waals surface area contributed by atoms with Crippen LogP contribution in [-0.2, 0) is 49.4 Å². The van der Waals surface area contributed by atoms with Gasteiger partial charge in [0.25, 0.3) is 0 Å². The fraction of sp³-hybridized carbons (Fsp3) is 0.217. The zero-order chi connectivity index (χ0) is 55.0. The lowest BCUT2D eigenvalue weighted by molar-refractivity contribution is -0.144. The molecule has 0 saturated carbocycles. The molecule has 0 aliphatic rings. The Bertz CT molecular complexity index is 2540. The molecule has 73 heavy (non-hydrogen) atoms. The van der Waals surface area contributed by atoms with Crippen LogP contribution in [0.2, 0.25) is 0 Å². The standard InChI is InChI=1S/C46H24F24OP2/c1-21-3-5-35(37(7-21)72(31-13-23(39(47,48)49)9-24(14-31)40(50,51)52)32-15-25(41(53,54)55)10-26(16-32)42(56,57)58)71-36-6-4-22(2)8-38(36)73(33-17-27(43(59,60)61)11-28(18-33)44(62,63)64)34-19-29(45(65,66)67)12-30(20-34)46(68,69)70/h3-20H,1-2H3. The van der Waals surface area contributed by atoms with E-state index in [0.717, 1.165) is 50.2 Å². The Kier molecular flexibility index (Phi) is 14.9. The van der Waals surface area contributed by atoms with Crippen LogP contribution in [0.15, 0.2) is 109 Å². The van der Waals surface area contributed by atoms with Crippen LogP contribution >= 0.6 is 15.8 Å². The third kappa shape index (κ3) is 13.2. The Morgan fingerprint density at radius 3 is 0.603 bits per heavy atom.